The first-order valence-electron chi connectivity index (χ1n) is 13.2. The summed E-state index contributed by atoms with van der Waals surface area (Å²) in [5.41, 5.74) is 1.90. The Kier molecular flexibility index (Phi) is 7.07. The van der Waals surface area contributed by atoms with Gasteiger partial charge in [-0.15, -0.1) is 0 Å². The minimum atomic E-state index is -0.572. The number of nitrogens with zero attached hydrogens (tertiary/aromatic N) is 5. The minimum absolute atomic E-state index is 0.0920. The molecule has 1 aliphatic rings. The van der Waals surface area contributed by atoms with E-state index in [2.05, 4.69) is 25.6 Å². The summed E-state index contributed by atoms with van der Waals surface area (Å²) < 4.78 is 22.7. The highest BCUT2D eigenvalue weighted by molar-refractivity contribution is 7.22. The van der Waals surface area contributed by atoms with E-state index >= 15 is 0 Å². The Hall–Kier alpha value is -3.93. The van der Waals surface area contributed by atoms with Gasteiger partial charge in [0.2, 0.25) is 0 Å². The summed E-state index contributed by atoms with van der Waals surface area (Å²) in [6, 6.07) is 6.45. The van der Waals surface area contributed by atoms with Crippen molar-refractivity contribution in [3.05, 3.63) is 41.8 Å². The van der Waals surface area contributed by atoms with E-state index in [1.54, 1.807) is 37.3 Å². The molecule has 4 aromatic rings. The molecule has 2 amide bonds. The lowest BCUT2D eigenvalue weighted by Crippen LogP contribution is -2.59. The molecule has 10 nitrogen and oxygen atoms in total. The highest BCUT2D eigenvalue weighted by Crippen LogP contribution is 2.38. The second-order valence-electron chi connectivity index (χ2n) is 11.2. The fourth-order valence-electron chi connectivity index (χ4n) is 5.21. The number of hydrogen-bond donors (Lipinski definition) is 2. The fourth-order valence-corrected chi connectivity index (χ4v) is 6.20. The molecule has 40 heavy (non-hydrogen) atoms. The summed E-state index contributed by atoms with van der Waals surface area (Å²) in [6.45, 7) is 10.8. The SMILES string of the molecule is CNc1nc2c(C(=O)Nc3cc(F)c4nn(C)cc4c3)ccc(N3C[C@H](C)N(C(=O)OC(C)(C)C)[C@@H](C)C3)c2s1. The zero-order valence-electron chi connectivity index (χ0n) is 23.7. The van der Waals surface area contributed by atoms with Gasteiger partial charge < -0.3 is 20.3 Å². The van der Waals surface area contributed by atoms with Gasteiger partial charge in [0.1, 0.15) is 11.1 Å². The molecule has 212 valence electrons. The molecule has 0 bridgehead atoms. The van der Waals surface area contributed by atoms with Crippen molar-refractivity contribution in [1.29, 1.82) is 0 Å². The molecule has 0 unspecified atom stereocenters. The normalized spacial score (nSPS) is 17.9. The average Bonchev–Trinajstić information content (AvgIpc) is 3.45. The largest absolute Gasteiger partial charge is 0.444 e. The van der Waals surface area contributed by atoms with Crippen LogP contribution < -0.4 is 15.5 Å². The van der Waals surface area contributed by atoms with Crippen LogP contribution in [0.5, 0.6) is 0 Å². The number of aryl methyl sites for hydroxylation is 1. The van der Waals surface area contributed by atoms with Gasteiger partial charge in [0, 0.05) is 44.5 Å². The molecule has 0 spiro atoms. The number of fused-ring (bicyclic) bond motifs is 2. The monoisotopic (exact) mass is 567 g/mol. The van der Waals surface area contributed by atoms with E-state index in [0.717, 1.165) is 10.4 Å². The molecule has 2 aromatic heterocycles. The smallest absolute Gasteiger partial charge is 0.410 e. The quantitative estimate of drug-likeness (QED) is 0.338. The molecule has 2 atom stereocenters. The number of hydrogen-bond acceptors (Lipinski definition) is 8. The number of piperazine rings is 1. The van der Waals surface area contributed by atoms with Gasteiger partial charge in [-0.3, -0.25) is 14.4 Å². The molecule has 2 N–H and O–H groups in total. The number of thiazole rings is 1. The summed E-state index contributed by atoms with van der Waals surface area (Å²) in [5.74, 6) is -0.891. The predicted molar refractivity (Wildman–Crippen MR) is 157 cm³/mol. The molecular weight excluding hydrogens is 533 g/mol. The Bertz CT molecular complexity index is 1600. The van der Waals surface area contributed by atoms with E-state index in [4.69, 9.17) is 4.74 Å². The van der Waals surface area contributed by atoms with E-state index in [9.17, 15) is 14.0 Å². The number of benzene rings is 2. The van der Waals surface area contributed by atoms with Crippen molar-refractivity contribution in [2.75, 3.05) is 35.7 Å². The molecule has 12 heteroatoms. The van der Waals surface area contributed by atoms with Crippen molar-refractivity contribution in [2.45, 2.75) is 52.3 Å². The Morgan fingerprint density at radius 1 is 1.12 bits per heavy atom. The molecule has 1 saturated heterocycles. The second-order valence-corrected chi connectivity index (χ2v) is 12.2. The van der Waals surface area contributed by atoms with Crippen molar-refractivity contribution in [2.24, 2.45) is 7.05 Å². The Morgan fingerprint density at radius 3 is 2.48 bits per heavy atom. The highest BCUT2D eigenvalue weighted by Gasteiger charge is 2.36. The van der Waals surface area contributed by atoms with Gasteiger partial charge >= 0.3 is 6.09 Å². The number of halogens is 1. The van der Waals surface area contributed by atoms with E-state index in [0.29, 0.717) is 40.4 Å². The van der Waals surface area contributed by atoms with E-state index in [1.165, 1.54) is 22.1 Å². The second kappa shape index (κ2) is 10.2. The maximum Gasteiger partial charge on any atom is 0.410 e. The molecule has 1 aliphatic heterocycles. The first-order valence-corrected chi connectivity index (χ1v) is 14.0. The highest BCUT2D eigenvalue weighted by atomic mass is 32.1. The topological polar surface area (TPSA) is 105 Å². The lowest BCUT2D eigenvalue weighted by atomic mass is 10.1. The van der Waals surface area contributed by atoms with Gasteiger partial charge in [0.15, 0.2) is 10.9 Å². The zero-order chi connectivity index (χ0) is 28.9. The van der Waals surface area contributed by atoms with Crippen molar-refractivity contribution < 1.29 is 18.7 Å². The number of carbonyl (C=O) groups excluding carboxylic acids is 2. The number of aromatic nitrogens is 3. The van der Waals surface area contributed by atoms with Gasteiger partial charge in [-0.05, 0) is 58.9 Å². The van der Waals surface area contributed by atoms with Gasteiger partial charge in [-0.1, -0.05) is 11.3 Å². The van der Waals surface area contributed by atoms with Gasteiger partial charge in [-0.25, -0.2) is 14.2 Å². The molecule has 0 radical (unpaired) electrons. The van der Waals surface area contributed by atoms with Gasteiger partial charge in [-0.2, -0.15) is 5.10 Å². The number of ether oxygens (including phenoxy) is 1. The first kappa shape index (κ1) is 27.6. The third-order valence-electron chi connectivity index (χ3n) is 6.78. The minimum Gasteiger partial charge on any atom is -0.444 e. The van der Waals surface area contributed by atoms with Crippen LogP contribution >= 0.6 is 11.3 Å². The maximum absolute atomic E-state index is 14.6. The van der Waals surface area contributed by atoms with Crippen LogP contribution in [0.4, 0.5) is 25.7 Å². The van der Waals surface area contributed by atoms with Crippen LogP contribution in [-0.2, 0) is 11.8 Å². The Morgan fingerprint density at radius 2 is 1.82 bits per heavy atom. The fraction of sp³-hybridized carbons (Fsp3) is 0.429. The third kappa shape index (κ3) is 5.27. The first-order chi connectivity index (χ1) is 18.8. The maximum atomic E-state index is 14.6. The van der Waals surface area contributed by atoms with Crippen molar-refractivity contribution in [1.82, 2.24) is 19.7 Å². The number of rotatable bonds is 4. The molecule has 3 heterocycles. The van der Waals surface area contributed by atoms with Crippen LogP contribution in [-0.4, -0.2) is 69.5 Å². The molecule has 5 rings (SSSR count). The van der Waals surface area contributed by atoms with Crippen LogP contribution in [0.1, 0.15) is 45.0 Å². The lowest BCUT2D eigenvalue weighted by molar-refractivity contribution is 0.00567. The summed E-state index contributed by atoms with van der Waals surface area (Å²) in [6.07, 6.45) is 1.38. The number of amides is 2. The molecule has 0 saturated carbocycles. The zero-order valence-corrected chi connectivity index (χ0v) is 24.5. The van der Waals surface area contributed by atoms with Crippen molar-refractivity contribution in [3.8, 4) is 0 Å². The summed E-state index contributed by atoms with van der Waals surface area (Å²) in [7, 11) is 3.50. The van der Waals surface area contributed by atoms with Gasteiger partial charge in [0.25, 0.3) is 5.91 Å². The van der Waals surface area contributed by atoms with Crippen LogP contribution in [0.25, 0.3) is 21.1 Å². The molecule has 0 aliphatic carbocycles. The summed E-state index contributed by atoms with van der Waals surface area (Å²) in [5, 5.41) is 11.3. The van der Waals surface area contributed by atoms with Gasteiger partial charge in [0.05, 0.1) is 33.6 Å². The lowest BCUT2D eigenvalue weighted by Gasteiger charge is -2.45. The van der Waals surface area contributed by atoms with Crippen molar-refractivity contribution >= 4 is 61.0 Å². The Balaban J connectivity index is 1.44. The standard InChI is InChI=1S/C28H34FN7O3S/c1-15-12-35(13-16(2)36(15)27(38)39-28(3,4)5)21-9-8-19(23-24(21)40-26(30-6)32-23)25(37)31-18-10-17-14-34(7)33-22(17)20(29)11-18/h8-11,14-16H,12-13H2,1-7H3,(H,30,32)(H,31,37)/t15-,16-/m0/s1. The van der Waals surface area contributed by atoms with Crippen LogP contribution in [0, 0.1) is 5.82 Å². The van der Waals surface area contributed by atoms with Crippen LogP contribution in [0.15, 0.2) is 30.5 Å². The average molecular weight is 568 g/mol. The predicted octanol–water partition coefficient (Wildman–Crippen LogP) is 5.45. The van der Waals surface area contributed by atoms with E-state index in [-0.39, 0.29) is 29.6 Å². The third-order valence-corrected chi connectivity index (χ3v) is 7.88. The molecule has 1 fully saturated rings. The van der Waals surface area contributed by atoms with Crippen molar-refractivity contribution in [3.63, 3.8) is 0 Å². The van der Waals surface area contributed by atoms with E-state index < -0.39 is 11.4 Å². The molecular formula is C28H34FN7O3S. The number of anilines is 3. The number of nitrogens with one attached hydrogen (secondary N) is 2. The van der Waals surface area contributed by atoms with Crippen LogP contribution in [0.3, 0.4) is 0 Å². The summed E-state index contributed by atoms with van der Waals surface area (Å²) in [4.78, 5) is 35.0. The summed E-state index contributed by atoms with van der Waals surface area (Å²) >= 11 is 1.46. The Labute approximate surface area is 236 Å². The van der Waals surface area contributed by atoms with E-state index in [1.807, 2.05) is 40.7 Å². The van der Waals surface area contributed by atoms with Crippen LogP contribution in [0.2, 0.25) is 0 Å². The molecule has 2 aromatic carbocycles. The number of carbonyl (C=O) groups is 2.